The third-order valence-corrected chi connectivity index (χ3v) is 4.36. The molecule has 1 saturated carbocycles. The number of allylic oxidation sites excluding steroid dienone is 1. The van der Waals surface area contributed by atoms with E-state index in [0.717, 1.165) is 5.57 Å². The van der Waals surface area contributed by atoms with E-state index >= 15 is 0 Å². The minimum atomic E-state index is -0.618. The standard InChI is InChI=1S/C15H20O3/c1-6-15(5)7-10(16)11-9(4)14(17)18-13(11)12(15)8(2)3/h6,10-13,16H,1-2,4,7H2,3,5H3/t10-,11+,12+,13-,15+/m0/s1. The molecule has 0 amide bonds. The van der Waals surface area contributed by atoms with Crippen LogP contribution in [-0.2, 0) is 9.53 Å². The summed E-state index contributed by atoms with van der Waals surface area (Å²) in [6.07, 6.45) is 1.40. The van der Waals surface area contributed by atoms with Gasteiger partial charge in [0, 0.05) is 11.5 Å². The average Bonchev–Trinajstić information content (AvgIpc) is 2.54. The monoisotopic (exact) mass is 248 g/mol. The summed E-state index contributed by atoms with van der Waals surface area (Å²) in [6.45, 7) is 15.6. The molecule has 98 valence electrons. The Bertz CT molecular complexity index is 437. The molecule has 0 aromatic carbocycles. The number of esters is 1. The van der Waals surface area contributed by atoms with Crippen LogP contribution in [0.4, 0.5) is 0 Å². The van der Waals surface area contributed by atoms with Gasteiger partial charge in [-0.1, -0.05) is 31.7 Å². The van der Waals surface area contributed by atoms with Crippen molar-refractivity contribution in [1.82, 2.24) is 0 Å². The van der Waals surface area contributed by atoms with Crippen LogP contribution in [0.3, 0.4) is 0 Å². The molecule has 2 aliphatic rings. The Morgan fingerprint density at radius 3 is 2.72 bits per heavy atom. The zero-order valence-electron chi connectivity index (χ0n) is 11.0. The van der Waals surface area contributed by atoms with Crippen LogP contribution in [0.15, 0.2) is 37.0 Å². The summed E-state index contributed by atoms with van der Waals surface area (Å²) in [5.74, 6) is -0.734. The smallest absolute Gasteiger partial charge is 0.334 e. The highest BCUT2D eigenvalue weighted by Crippen LogP contribution is 2.52. The van der Waals surface area contributed by atoms with E-state index in [1.807, 2.05) is 19.9 Å². The van der Waals surface area contributed by atoms with Crippen molar-refractivity contribution in [3.8, 4) is 0 Å². The number of rotatable bonds is 2. The van der Waals surface area contributed by atoms with E-state index < -0.39 is 12.1 Å². The zero-order valence-corrected chi connectivity index (χ0v) is 11.0. The van der Waals surface area contributed by atoms with E-state index in [-0.39, 0.29) is 23.4 Å². The van der Waals surface area contributed by atoms with E-state index in [1.165, 1.54) is 0 Å². The van der Waals surface area contributed by atoms with Gasteiger partial charge in [0.15, 0.2) is 0 Å². The van der Waals surface area contributed by atoms with Crippen LogP contribution in [0.2, 0.25) is 0 Å². The molecule has 0 aromatic rings. The number of hydrogen-bond donors (Lipinski definition) is 1. The fourth-order valence-corrected chi connectivity index (χ4v) is 3.47. The lowest BCUT2D eigenvalue weighted by molar-refractivity contribution is -0.145. The first-order valence-electron chi connectivity index (χ1n) is 6.18. The molecule has 2 rings (SSSR count). The van der Waals surface area contributed by atoms with Crippen LogP contribution < -0.4 is 0 Å². The zero-order chi connectivity index (χ0) is 13.7. The molecule has 3 nitrogen and oxygen atoms in total. The topological polar surface area (TPSA) is 46.5 Å². The lowest BCUT2D eigenvalue weighted by Gasteiger charge is -2.47. The van der Waals surface area contributed by atoms with Gasteiger partial charge in [-0.15, -0.1) is 6.58 Å². The van der Waals surface area contributed by atoms with E-state index in [2.05, 4.69) is 19.7 Å². The van der Waals surface area contributed by atoms with E-state index in [1.54, 1.807) is 0 Å². The number of carbonyl (C=O) groups is 1. The minimum absolute atomic E-state index is 0.0217. The summed E-state index contributed by atoms with van der Waals surface area (Å²) in [5, 5.41) is 10.3. The fraction of sp³-hybridized carbons (Fsp3) is 0.533. The van der Waals surface area contributed by atoms with E-state index in [0.29, 0.717) is 12.0 Å². The number of ether oxygens (including phenoxy) is 1. The van der Waals surface area contributed by atoms with Gasteiger partial charge in [-0.2, -0.15) is 0 Å². The number of carbonyl (C=O) groups excluding carboxylic acids is 1. The molecule has 0 radical (unpaired) electrons. The lowest BCUT2D eigenvalue weighted by Crippen LogP contribution is -2.49. The molecule has 5 atom stereocenters. The summed E-state index contributed by atoms with van der Waals surface area (Å²) in [4.78, 5) is 11.7. The normalized spacial score (nSPS) is 43.3. The first kappa shape index (κ1) is 13.1. The molecule has 0 spiro atoms. The van der Waals surface area contributed by atoms with Crippen molar-refractivity contribution >= 4 is 5.97 Å². The molecule has 1 heterocycles. The maximum absolute atomic E-state index is 11.7. The van der Waals surface area contributed by atoms with Gasteiger partial charge in [0.2, 0.25) is 0 Å². The highest BCUT2D eigenvalue weighted by molar-refractivity contribution is 5.91. The summed E-state index contributed by atoms with van der Waals surface area (Å²) in [5.41, 5.74) is 1.02. The first-order valence-corrected chi connectivity index (χ1v) is 6.18. The first-order chi connectivity index (χ1) is 8.31. The molecule has 0 unspecified atom stereocenters. The molecule has 3 heteroatoms. The van der Waals surface area contributed by atoms with Crippen molar-refractivity contribution in [2.24, 2.45) is 17.3 Å². The highest BCUT2D eigenvalue weighted by atomic mass is 16.6. The van der Waals surface area contributed by atoms with Crippen LogP contribution >= 0.6 is 0 Å². The van der Waals surface area contributed by atoms with Gasteiger partial charge in [-0.25, -0.2) is 4.79 Å². The van der Waals surface area contributed by atoms with Gasteiger partial charge in [-0.05, 0) is 18.8 Å². The van der Waals surface area contributed by atoms with Crippen LogP contribution in [0, 0.1) is 17.3 Å². The lowest BCUT2D eigenvalue weighted by atomic mass is 9.59. The van der Waals surface area contributed by atoms with Gasteiger partial charge in [0.1, 0.15) is 6.10 Å². The van der Waals surface area contributed by atoms with Crippen molar-refractivity contribution in [3.05, 3.63) is 37.0 Å². The number of aliphatic hydroxyl groups excluding tert-OH is 1. The molecule has 0 bridgehead atoms. The van der Waals surface area contributed by atoms with Crippen molar-refractivity contribution in [2.75, 3.05) is 0 Å². The van der Waals surface area contributed by atoms with Crippen LogP contribution in [0.1, 0.15) is 20.3 Å². The molecular formula is C15H20O3. The fourth-order valence-electron chi connectivity index (χ4n) is 3.47. The van der Waals surface area contributed by atoms with E-state index in [9.17, 15) is 9.90 Å². The van der Waals surface area contributed by atoms with Gasteiger partial charge in [0.05, 0.1) is 12.0 Å². The second kappa shape index (κ2) is 4.09. The largest absolute Gasteiger partial charge is 0.458 e. The Morgan fingerprint density at radius 1 is 1.61 bits per heavy atom. The predicted octanol–water partition coefficient (Wildman–Crippen LogP) is 2.23. The summed E-state index contributed by atoms with van der Waals surface area (Å²) in [7, 11) is 0. The maximum Gasteiger partial charge on any atom is 0.334 e. The Hall–Kier alpha value is -1.35. The Kier molecular flexibility index (Phi) is 2.98. The summed E-state index contributed by atoms with van der Waals surface area (Å²) < 4.78 is 5.41. The average molecular weight is 248 g/mol. The molecule has 1 aliphatic carbocycles. The van der Waals surface area contributed by atoms with E-state index in [4.69, 9.17) is 4.74 Å². The van der Waals surface area contributed by atoms with Crippen molar-refractivity contribution in [1.29, 1.82) is 0 Å². The third kappa shape index (κ3) is 1.65. The van der Waals surface area contributed by atoms with Crippen LogP contribution in [0.5, 0.6) is 0 Å². The molecule has 1 saturated heterocycles. The second-order valence-electron chi connectivity index (χ2n) is 5.73. The van der Waals surface area contributed by atoms with Crippen molar-refractivity contribution < 1.29 is 14.6 Å². The summed E-state index contributed by atoms with van der Waals surface area (Å²) >= 11 is 0. The molecule has 2 fully saturated rings. The molecule has 18 heavy (non-hydrogen) atoms. The van der Waals surface area contributed by atoms with Crippen LogP contribution in [-0.4, -0.2) is 23.3 Å². The third-order valence-electron chi connectivity index (χ3n) is 4.36. The van der Waals surface area contributed by atoms with Crippen LogP contribution in [0.25, 0.3) is 0 Å². The summed E-state index contributed by atoms with van der Waals surface area (Å²) in [6, 6.07) is 0. The quantitative estimate of drug-likeness (QED) is 0.463. The molecular weight excluding hydrogens is 228 g/mol. The van der Waals surface area contributed by atoms with Gasteiger partial charge >= 0.3 is 5.97 Å². The maximum atomic E-state index is 11.7. The van der Waals surface area contributed by atoms with Gasteiger partial charge in [0.25, 0.3) is 0 Å². The number of hydrogen-bond acceptors (Lipinski definition) is 3. The Balaban J connectivity index is 2.47. The molecule has 0 aromatic heterocycles. The SMILES string of the molecule is C=C[C@]1(C)C[C@H](O)[C@H]2C(=C)C(=O)O[C@@H]2[C@H]1C(=C)C. The predicted molar refractivity (Wildman–Crippen MR) is 69.7 cm³/mol. The second-order valence-corrected chi connectivity index (χ2v) is 5.73. The number of aliphatic hydroxyl groups is 1. The Morgan fingerprint density at radius 2 is 2.22 bits per heavy atom. The minimum Gasteiger partial charge on any atom is -0.458 e. The molecule has 1 aliphatic heterocycles. The molecule has 1 N–H and O–H groups in total. The van der Waals surface area contributed by atoms with Gasteiger partial charge in [-0.3, -0.25) is 0 Å². The Labute approximate surface area is 108 Å². The van der Waals surface area contributed by atoms with Crippen molar-refractivity contribution in [2.45, 2.75) is 32.5 Å². The van der Waals surface area contributed by atoms with Crippen molar-refractivity contribution in [3.63, 3.8) is 0 Å². The number of fused-ring (bicyclic) bond motifs is 1. The highest BCUT2D eigenvalue weighted by Gasteiger charge is 2.56. The van der Waals surface area contributed by atoms with Gasteiger partial charge < -0.3 is 9.84 Å².